The SMILES string of the molecule is O=[N+]([O-])c1c(Cl)c([P+](c2ccccc2)(c2ccccc2)c2ccccc2)c2nonc2c1[O-]. The Hall–Kier alpha value is -3.80. The van der Waals surface area contributed by atoms with E-state index >= 15 is 0 Å². The van der Waals surface area contributed by atoms with Crippen LogP contribution in [0.15, 0.2) is 95.6 Å². The van der Waals surface area contributed by atoms with Gasteiger partial charge in [0.2, 0.25) is 0 Å². The topological polar surface area (TPSA) is 105 Å². The largest absolute Gasteiger partial charge is 0.866 e. The fourth-order valence-corrected chi connectivity index (χ4v) is 9.20. The highest BCUT2D eigenvalue weighted by molar-refractivity contribution is 8.02. The Morgan fingerprint density at radius 3 is 1.61 bits per heavy atom. The molecule has 0 saturated heterocycles. The van der Waals surface area contributed by atoms with Crippen LogP contribution in [0.25, 0.3) is 11.0 Å². The summed E-state index contributed by atoms with van der Waals surface area (Å²) in [5.41, 5.74) is -0.823. The summed E-state index contributed by atoms with van der Waals surface area (Å²) in [7, 11) is -2.88. The number of aromatic nitrogens is 2. The second-order valence-electron chi connectivity index (χ2n) is 7.24. The molecular formula is C24H15ClN3O4P. The maximum atomic E-state index is 12.9. The number of hydrogen-bond acceptors (Lipinski definition) is 6. The van der Waals surface area contributed by atoms with Gasteiger partial charge in [-0.15, -0.1) is 0 Å². The molecule has 0 atom stereocenters. The van der Waals surface area contributed by atoms with Gasteiger partial charge in [0.25, 0.3) is 5.69 Å². The van der Waals surface area contributed by atoms with Crippen molar-refractivity contribution in [2.45, 2.75) is 0 Å². The predicted octanol–water partition coefficient (Wildman–Crippen LogP) is 3.48. The average Bonchev–Trinajstić information content (AvgIpc) is 3.33. The van der Waals surface area contributed by atoms with Gasteiger partial charge in [0.15, 0.2) is 15.8 Å². The first kappa shape index (κ1) is 21.1. The molecule has 5 aromatic rings. The van der Waals surface area contributed by atoms with Crippen LogP contribution in [0.4, 0.5) is 5.69 Å². The Balaban J connectivity index is 2.08. The lowest BCUT2D eigenvalue weighted by Crippen LogP contribution is -2.39. The first-order chi connectivity index (χ1) is 16.1. The molecule has 0 radical (unpaired) electrons. The van der Waals surface area contributed by atoms with E-state index < -0.39 is 23.6 Å². The van der Waals surface area contributed by atoms with Crippen molar-refractivity contribution in [3.8, 4) is 5.75 Å². The van der Waals surface area contributed by atoms with Gasteiger partial charge < -0.3 is 5.11 Å². The molecule has 33 heavy (non-hydrogen) atoms. The number of rotatable bonds is 5. The summed E-state index contributed by atoms with van der Waals surface area (Å²) in [6, 6.07) is 28.8. The van der Waals surface area contributed by atoms with E-state index in [2.05, 4.69) is 10.3 Å². The number of benzene rings is 4. The van der Waals surface area contributed by atoms with Crippen LogP contribution in [0.5, 0.6) is 5.75 Å². The maximum absolute atomic E-state index is 12.9. The van der Waals surface area contributed by atoms with E-state index in [0.29, 0.717) is 5.30 Å². The lowest BCUT2D eigenvalue weighted by molar-refractivity contribution is -0.397. The average molecular weight is 476 g/mol. The molecule has 7 nitrogen and oxygen atoms in total. The fourth-order valence-electron chi connectivity index (χ4n) is 4.18. The summed E-state index contributed by atoms with van der Waals surface area (Å²) >= 11 is 6.76. The van der Waals surface area contributed by atoms with Gasteiger partial charge in [-0.2, -0.15) is 0 Å². The molecule has 0 spiro atoms. The first-order valence-corrected chi connectivity index (χ1v) is 12.1. The third kappa shape index (κ3) is 3.17. The molecule has 5 rings (SSSR count). The molecule has 0 aliphatic carbocycles. The van der Waals surface area contributed by atoms with Crippen molar-refractivity contribution >= 4 is 56.8 Å². The summed E-state index contributed by atoms with van der Waals surface area (Å²) in [5.74, 6) is -0.919. The second-order valence-corrected chi connectivity index (χ2v) is 11.0. The van der Waals surface area contributed by atoms with Gasteiger partial charge in [0.1, 0.15) is 28.7 Å². The van der Waals surface area contributed by atoms with Crippen molar-refractivity contribution in [3.63, 3.8) is 0 Å². The quantitative estimate of drug-likeness (QED) is 0.219. The lowest BCUT2D eigenvalue weighted by atomic mass is 10.2. The highest BCUT2D eigenvalue weighted by atomic mass is 35.5. The molecule has 0 unspecified atom stereocenters. The second kappa shape index (κ2) is 8.28. The van der Waals surface area contributed by atoms with Crippen LogP contribution in [-0.4, -0.2) is 15.2 Å². The number of nitrogens with zero attached hydrogens (tertiary/aromatic N) is 3. The number of hydrogen-bond donors (Lipinski definition) is 0. The lowest BCUT2D eigenvalue weighted by Gasteiger charge is -2.28. The summed E-state index contributed by atoms with van der Waals surface area (Å²) in [6.07, 6.45) is 0. The van der Waals surface area contributed by atoms with E-state index in [-0.39, 0.29) is 16.1 Å². The standard InChI is InChI=1S/C24H15ClN3O4P/c25-19-22(28(30)31)23(29)20-21(27-32-26-20)24(19)33(16-10-4-1-5-11-16,17-12-6-2-7-13-17)18-14-8-3-9-15-18/h1-15H. The van der Waals surface area contributed by atoms with Crippen LogP contribution in [0, 0.1) is 10.1 Å². The van der Waals surface area contributed by atoms with Gasteiger partial charge >= 0.3 is 0 Å². The fraction of sp³-hybridized carbons (Fsp3) is 0. The van der Waals surface area contributed by atoms with E-state index in [1.807, 2.05) is 91.0 Å². The Morgan fingerprint density at radius 2 is 1.18 bits per heavy atom. The molecular weight excluding hydrogens is 461 g/mol. The molecule has 0 aliphatic rings. The zero-order valence-electron chi connectivity index (χ0n) is 17.0. The normalized spacial score (nSPS) is 11.5. The molecule has 162 valence electrons. The van der Waals surface area contributed by atoms with Gasteiger partial charge in [-0.1, -0.05) is 71.4 Å². The van der Waals surface area contributed by atoms with Crippen LogP contribution in [0.1, 0.15) is 0 Å². The van der Waals surface area contributed by atoms with Crippen molar-refractivity contribution in [2.75, 3.05) is 0 Å². The summed E-state index contributed by atoms with van der Waals surface area (Å²) in [5, 5.41) is 35.3. The van der Waals surface area contributed by atoms with Crippen LogP contribution < -0.4 is 26.3 Å². The van der Waals surface area contributed by atoms with Gasteiger partial charge in [-0.3, -0.25) is 10.1 Å². The predicted molar refractivity (Wildman–Crippen MR) is 128 cm³/mol. The van der Waals surface area contributed by atoms with E-state index in [4.69, 9.17) is 16.2 Å². The highest BCUT2D eigenvalue weighted by Crippen LogP contribution is 2.58. The third-order valence-electron chi connectivity index (χ3n) is 5.51. The van der Waals surface area contributed by atoms with Gasteiger partial charge in [0.05, 0.1) is 4.92 Å². The van der Waals surface area contributed by atoms with E-state index in [9.17, 15) is 15.2 Å². The number of halogens is 1. The Kier molecular flexibility index (Phi) is 5.29. The van der Waals surface area contributed by atoms with E-state index in [1.54, 1.807) is 0 Å². The minimum Gasteiger partial charge on any atom is -0.866 e. The molecule has 0 N–H and O–H groups in total. The smallest absolute Gasteiger partial charge is 0.286 e. The van der Waals surface area contributed by atoms with Crippen LogP contribution in [0.2, 0.25) is 5.02 Å². The van der Waals surface area contributed by atoms with Gasteiger partial charge in [-0.05, 0) is 41.6 Å². The molecule has 0 fully saturated rings. The zero-order valence-corrected chi connectivity index (χ0v) is 18.6. The van der Waals surface area contributed by atoms with Crippen molar-refractivity contribution in [1.29, 1.82) is 0 Å². The monoisotopic (exact) mass is 475 g/mol. The van der Waals surface area contributed by atoms with Gasteiger partial charge in [0, 0.05) is 5.75 Å². The maximum Gasteiger partial charge on any atom is 0.286 e. The van der Waals surface area contributed by atoms with Crippen molar-refractivity contribution in [1.82, 2.24) is 10.3 Å². The van der Waals surface area contributed by atoms with Crippen LogP contribution in [-0.2, 0) is 0 Å². The third-order valence-corrected chi connectivity index (χ3v) is 10.3. The minimum atomic E-state index is -2.88. The molecule has 0 bridgehead atoms. The number of nitro benzene ring substituents is 1. The highest BCUT2D eigenvalue weighted by Gasteiger charge is 2.53. The molecule has 0 amide bonds. The van der Waals surface area contributed by atoms with Gasteiger partial charge in [-0.25, -0.2) is 4.63 Å². The number of nitro groups is 1. The van der Waals surface area contributed by atoms with Crippen LogP contribution >= 0.6 is 18.9 Å². The molecule has 1 heterocycles. The van der Waals surface area contributed by atoms with E-state index in [0.717, 1.165) is 15.9 Å². The molecule has 9 heteroatoms. The van der Waals surface area contributed by atoms with Crippen molar-refractivity contribution in [3.05, 3.63) is 106 Å². The Morgan fingerprint density at radius 1 is 0.758 bits per heavy atom. The van der Waals surface area contributed by atoms with Crippen molar-refractivity contribution in [2.24, 2.45) is 0 Å². The van der Waals surface area contributed by atoms with Crippen LogP contribution in [0.3, 0.4) is 0 Å². The molecule has 0 saturated carbocycles. The van der Waals surface area contributed by atoms with E-state index in [1.165, 1.54) is 0 Å². The number of fused-ring (bicyclic) bond motifs is 1. The Labute approximate surface area is 193 Å². The minimum absolute atomic E-state index is 0.125. The van der Waals surface area contributed by atoms with Crippen molar-refractivity contribution < 1.29 is 14.7 Å². The molecule has 1 aromatic heterocycles. The molecule has 0 aliphatic heterocycles. The Bertz CT molecular complexity index is 1360. The molecule has 4 aromatic carbocycles. The zero-order chi connectivity index (χ0) is 23.0. The summed E-state index contributed by atoms with van der Waals surface area (Å²) in [4.78, 5) is 11.2. The summed E-state index contributed by atoms with van der Waals surface area (Å²) in [6.45, 7) is 0. The first-order valence-electron chi connectivity index (χ1n) is 9.92. The summed E-state index contributed by atoms with van der Waals surface area (Å²) < 4.78 is 4.92.